The number of rotatable bonds is 3. The third-order valence-corrected chi connectivity index (χ3v) is 2.64. The maximum Gasteiger partial charge on any atom is 0.192 e. The molecule has 0 spiro atoms. The molecule has 0 aliphatic carbocycles. The molecule has 3 nitrogen and oxygen atoms in total. The molecular weight excluding hydrogens is 202 g/mol. The average molecular weight is 217 g/mol. The van der Waals surface area contributed by atoms with E-state index in [1.165, 1.54) is 0 Å². The lowest BCUT2D eigenvalue weighted by Gasteiger charge is -2.23. The summed E-state index contributed by atoms with van der Waals surface area (Å²) in [7, 11) is 0. The van der Waals surface area contributed by atoms with Gasteiger partial charge in [0.15, 0.2) is 5.78 Å². The van der Waals surface area contributed by atoms with Crippen LogP contribution in [0.25, 0.3) is 5.57 Å². The van der Waals surface area contributed by atoms with Gasteiger partial charge in [-0.25, -0.2) is 0 Å². The number of hydrogen-bond acceptors (Lipinski definition) is 3. The van der Waals surface area contributed by atoms with E-state index < -0.39 is 0 Å². The highest BCUT2D eigenvalue weighted by Crippen LogP contribution is 2.16. The van der Waals surface area contributed by atoms with Crippen LogP contribution < -0.4 is 5.32 Å². The van der Waals surface area contributed by atoms with Crippen LogP contribution in [0.3, 0.4) is 0 Å². The van der Waals surface area contributed by atoms with E-state index in [4.69, 9.17) is 4.74 Å². The highest BCUT2D eigenvalue weighted by Gasteiger charge is 2.24. The van der Waals surface area contributed by atoms with Crippen LogP contribution in [0.1, 0.15) is 5.56 Å². The molecule has 16 heavy (non-hydrogen) atoms. The molecule has 0 radical (unpaired) electrons. The minimum atomic E-state index is -0.388. The van der Waals surface area contributed by atoms with Crippen LogP contribution in [0.4, 0.5) is 0 Å². The number of carbonyl (C=O) groups is 1. The molecule has 1 fully saturated rings. The van der Waals surface area contributed by atoms with E-state index in [0.717, 1.165) is 12.1 Å². The van der Waals surface area contributed by atoms with Crippen molar-refractivity contribution in [2.75, 3.05) is 19.7 Å². The molecule has 1 aromatic rings. The third-order valence-electron chi connectivity index (χ3n) is 2.64. The lowest BCUT2D eigenvalue weighted by molar-refractivity contribution is -0.125. The van der Waals surface area contributed by atoms with Gasteiger partial charge in [0.2, 0.25) is 0 Å². The average Bonchev–Trinajstić information content (AvgIpc) is 2.39. The van der Waals surface area contributed by atoms with Crippen molar-refractivity contribution in [3.8, 4) is 0 Å². The first kappa shape index (κ1) is 11.0. The summed E-state index contributed by atoms with van der Waals surface area (Å²) in [5.74, 6) is -0.0293. The first-order valence-electron chi connectivity index (χ1n) is 5.40. The summed E-state index contributed by atoms with van der Waals surface area (Å²) in [6.07, 6.45) is -0.388. The zero-order valence-corrected chi connectivity index (χ0v) is 9.11. The molecule has 1 aromatic carbocycles. The van der Waals surface area contributed by atoms with Gasteiger partial charge in [0, 0.05) is 18.7 Å². The largest absolute Gasteiger partial charge is 0.367 e. The first-order chi connectivity index (χ1) is 7.79. The van der Waals surface area contributed by atoms with Gasteiger partial charge in [-0.2, -0.15) is 0 Å². The van der Waals surface area contributed by atoms with Crippen molar-refractivity contribution in [2.24, 2.45) is 0 Å². The molecule has 1 N–H and O–H groups in total. The monoisotopic (exact) mass is 217 g/mol. The van der Waals surface area contributed by atoms with Crippen LogP contribution in [0.15, 0.2) is 36.9 Å². The van der Waals surface area contributed by atoms with Crippen LogP contribution in [-0.2, 0) is 9.53 Å². The summed E-state index contributed by atoms with van der Waals surface area (Å²) in [6, 6.07) is 9.48. The topological polar surface area (TPSA) is 38.3 Å². The SMILES string of the molecule is C=C(C(=O)C1CNCCO1)c1ccccc1. The van der Waals surface area contributed by atoms with E-state index in [2.05, 4.69) is 11.9 Å². The summed E-state index contributed by atoms with van der Waals surface area (Å²) in [4.78, 5) is 12.0. The zero-order valence-electron chi connectivity index (χ0n) is 9.11. The smallest absolute Gasteiger partial charge is 0.192 e. The number of nitrogens with one attached hydrogen (secondary N) is 1. The van der Waals surface area contributed by atoms with Crippen LogP contribution in [-0.4, -0.2) is 31.6 Å². The van der Waals surface area contributed by atoms with Crippen molar-refractivity contribution in [2.45, 2.75) is 6.10 Å². The van der Waals surface area contributed by atoms with Gasteiger partial charge >= 0.3 is 0 Å². The van der Waals surface area contributed by atoms with Crippen molar-refractivity contribution >= 4 is 11.4 Å². The summed E-state index contributed by atoms with van der Waals surface area (Å²) < 4.78 is 5.41. The molecule has 1 aliphatic rings. The van der Waals surface area contributed by atoms with Crippen LogP contribution in [0.5, 0.6) is 0 Å². The Balaban J connectivity index is 2.07. The van der Waals surface area contributed by atoms with E-state index in [1.807, 2.05) is 30.3 Å². The summed E-state index contributed by atoms with van der Waals surface area (Å²) in [5.41, 5.74) is 1.39. The fraction of sp³-hybridized carbons (Fsp3) is 0.308. The fourth-order valence-electron chi connectivity index (χ4n) is 1.71. The second kappa shape index (κ2) is 5.05. The third kappa shape index (κ3) is 2.38. The summed E-state index contributed by atoms with van der Waals surface area (Å²) in [5, 5.41) is 3.14. The molecule has 1 saturated heterocycles. The van der Waals surface area contributed by atoms with Gasteiger partial charge in [-0.3, -0.25) is 4.79 Å². The number of hydrogen-bond donors (Lipinski definition) is 1. The van der Waals surface area contributed by atoms with Gasteiger partial charge in [-0.05, 0) is 5.56 Å². The second-order valence-electron chi connectivity index (χ2n) is 3.77. The Kier molecular flexibility index (Phi) is 3.49. The Morgan fingerprint density at radius 3 is 2.75 bits per heavy atom. The standard InChI is InChI=1S/C13H15NO2/c1-10(11-5-3-2-4-6-11)13(15)12-9-14-7-8-16-12/h2-6,12,14H,1,7-9H2. The van der Waals surface area contributed by atoms with Crippen LogP contribution >= 0.6 is 0 Å². The van der Waals surface area contributed by atoms with Crippen molar-refractivity contribution in [3.05, 3.63) is 42.5 Å². The van der Waals surface area contributed by atoms with E-state index in [1.54, 1.807) is 0 Å². The van der Waals surface area contributed by atoms with E-state index in [-0.39, 0.29) is 11.9 Å². The number of ketones is 1. The molecule has 3 heteroatoms. The van der Waals surface area contributed by atoms with Gasteiger partial charge in [0.25, 0.3) is 0 Å². The maximum atomic E-state index is 12.0. The predicted octanol–water partition coefficient (Wildman–Crippen LogP) is 1.26. The molecule has 1 aliphatic heterocycles. The zero-order chi connectivity index (χ0) is 11.4. The summed E-state index contributed by atoms with van der Waals surface area (Å²) in [6.45, 7) is 5.81. The van der Waals surface area contributed by atoms with Crippen LogP contribution in [0.2, 0.25) is 0 Å². The molecule has 1 heterocycles. The molecule has 0 amide bonds. The van der Waals surface area contributed by atoms with Gasteiger partial charge < -0.3 is 10.1 Å². The number of benzene rings is 1. The van der Waals surface area contributed by atoms with Gasteiger partial charge in [0.1, 0.15) is 6.10 Å². The maximum absolute atomic E-state index is 12.0. The molecule has 0 saturated carbocycles. The first-order valence-corrected chi connectivity index (χ1v) is 5.40. The number of morpholine rings is 1. The quantitative estimate of drug-likeness (QED) is 0.775. The molecule has 1 unspecified atom stereocenters. The van der Waals surface area contributed by atoms with E-state index >= 15 is 0 Å². The molecule has 1 atom stereocenters. The van der Waals surface area contributed by atoms with E-state index in [9.17, 15) is 4.79 Å². The molecule has 0 bridgehead atoms. The fourth-order valence-corrected chi connectivity index (χ4v) is 1.71. The minimum absolute atomic E-state index is 0.0293. The normalized spacial score (nSPS) is 20.4. The molecule has 2 rings (SSSR count). The van der Waals surface area contributed by atoms with Crippen molar-refractivity contribution in [1.82, 2.24) is 5.32 Å². The van der Waals surface area contributed by atoms with Crippen LogP contribution in [0, 0.1) is 0 Å². The van der Waals surface area contributed by atoms with E-state index in [0.29, 0.717) is 18.7 Å². The van der Waals surface area contributed by atoms with Gasteiger partial charge in [0.05, 0.1) is 6.61 Å². The number of carbonyl (C=O) groups excluding carboxylic acids is 1. The highest BCUT2D eigenvalue weighted by atomic mass is 16.5. The number of ether oxygens (including phenoxy) is 1. The lowest BCUT2D eigenvalue weighted by Crippen LogP contribution is -2.43. The van der Waals surface area contributed by atoms with Crippen molar-refractivity contribution in [1.29, 1.82) is 0 Å². The van der Waals surface area contributed by atoms with Gasteiger partial charge in [-0.15, -0.1) is 0 Å². The Bertz CT molecular complexity index is 380. The lowest BCUT2D eigenvalue weighted by atomic mass is 10.00. The highest BCUT2D eigenvalue weighted by molar-refractivity contribution is 6.22. The van der Waals surface area contributed by atoms with Gasteiger partial charge in [-0.1, -0.05) is 36.9 Å². The minimum Gasteiger partial charge on any atom is -0.367 e. The Morgan fingerprint density at radius 2 is 2.12 bits per heavy atom. The second-order valence-corrected chi connectivity index (χ2v) is 3.77. The van der Waals surface area contributed by atoms with Crippen molar-refractivity contribution in [3.63, 3.8) is 0 Å². The Morgan fingerprint density at radius 1 is 1.38 bits per heavy atom. The van der Waals surface area contributed by atoms with Crippen molar-refractivity contribution < 1.29 is 9.53 Å². The Hall–Kier alpha value is -1.45. The molecule has 84 valence electrons. The predicted molar refractivity (Wildman–Crippen MR) is 63.1 cm³/mol. The molecule has 0 aromatic heterocycles. The number of Topliss-reactive ketones (excluding diaryl/α,β-unsaturated/α-hetero) is 1. The summed E-state index contributed by atoms with van der Waals surface area (Å²) >= 11 is 0. The molecular formula is C13H15NO2. The Labute approximate surface area is 95.1 Å².